The number of nitrogens with one attached hydrogen (secondary N) is 2. The molecular formula is C30H30ClF4N5O5S2. The molecule has 3 saturated heterocycles. The molecule has 0 unspecified atom stereocenters. The topological polar surface area (TPSA) is 123 Å². The van der Waals surface area contributed by atoms with Crippen molar-refractivity contribution in [3.8, 4) is 0 Å². The standard InChI is InChI=1S/C30H30ClF4N5O5S2/c1-28(2)25(38(8-9-46-28)26(42)21-11-16-10-18(32)5-7-20(16)37-21)27(43)40-14-23-29(40,3)15-39(23)24(41)13-36-47(44,45)22-12-17(30(33,34)35)4-6-19(22)31/h4-7,10-12,23,25,36-37H,8-9,13-15H2,1-3H3/t23-,25-,29-/m1/s1. The summed E-state index contributed by atoms with van der Waals surface area (Å²) in [4.78, 5) is 47.7. The molecule has 2 N–H and O–H groups in total. The second-order valence-corrected chi connectivity index (χ2v) is 16.5. The third-order valence-corrected chi connectivity index (χ3v) is 12.4. The number of halogens is 5. The van der Waals surface area contributed by atoms with E-state index in [0.29, 0.717) is 35.3 Å². The number of carbonyl (C=O) groups is 3. The highest BCUT2D eigenvalue weighted by Gasteiger charge is 2.66. The minimum absolute atomic E-state index is 0.0934. The number of hydrogen-bond donors (Lipinski definition) is 2. The predicted octanol–water partition coefficient (Wildman–Crippen LogP) is 4.11. The Kier molecular flexibility index (Phi) is 8.13. The molecular weight excluding hydrogens is 686 g/mol. The van der Waals surface area contributed by atoms with Crippen molar-refractivity contribution < 1.29 is 40.4 Å². The lowest BCUT2D eigenvalue weighted by Gasteiger charge is -2.70. The lowest BCUT2D eigenvalue weighted by Crippen LogP contribution is -2.89. The number of aromatic nitrogens is 1. The second-order valence-electron chi connectivity index (χ2n) is 12.6. The van der Waals surface area contributed by atoms with E-state index in [1.54, 1.807) is 29.7 Å². The van der Waals surface area contributed by atoms with Gasteiger partial charge in [0.2, 0.25) is 21.8 Å². The maximum atomic E-state index is 14.1. The highest BCUT2D eigenvalue weighted by Crippen LogP contribution is 2.47. The number of nitrogens with zero attached hydrogens (tertiary/aromatic N) is 3. The van der Waals surface area contributed by atoms with Crippen molar-refractivity contribution in [2.45, 2.75) is 54.2 Å². The smallest absolute Gasteiger partial charge is 0.351 e. The maximum absolute atomic E-state index is 14.1. The minimum Gasteiger partial charge on any atom is -0.351 e. The third-order valence-electron chi connectivity index (χ3n) is 9.19. The van der Waals surface area contributed by atoms with Crippen LogP contribution in [0.2, 0.25) is 5.02 Å². The number of alkyl halides is 3. The van der Waals surface area contributed by atoms with Crippen LogP contribution in [0.5, 0.6) is 0 Å². The largest absolute Gasteiger partial charge is 0.416 e. The summed E-state index contributed by atoms with van der Waals surface area (Å²) in [5, 5.41) is 0.0943. The summed E-state index contributed by atoms with van der Waals surface area (Å²) in [5.74, 6) is -1.14. The summed E-state index contributed by atoms with van der Waals surface area (Å²) < 4.78 is 80.1. The van der Waals surface area contributed by atoms with Crippen LogP contribution < -0.4 is 4.72 Å². The van der Waals surface area contributed by atoms with Gasteiger partial charge in [0.25, 0.3) is 5.91 Å². The zero-order valence-corrected chi connectivity index (χ0v) is 27.7. The van der Waals surface area contributed by atoms with Crippen LogP contribution in [-0.2, 0) is 25.8 Å². The van der Waals surface area contributed by atoms with Crippen molar-refractivity contribution in [1.82, 2.24) is 24.4 Å². The van der Waals surface area contributed by atoms with Crippen LogP contribution in [-0.4, -0.2) is 100 Å². The monoisotopic (exact) mass is 715 g/mol. The van der Waals surface area contributed by atoms with Crippen LogP contribution in [0.4, 0.5) is 17.6 Å². The molecule has 3 aliphatic heterocycles. The van der Waals surface area contributed by atoms with E-state index in [-0.39, 0.29) is 24.7 Å². The number of likely N-dealkylation sites (tertiary alicyclic amines) is 2. The van der Waals surface area contributed by atoms with E-state index in [4.69, 9.17) is 11.6 Å². The number of piperazine rings is 1. The molecule has 3 atom stereocenters. The number of sulfonamides is 1. The molecule has 47 heavy (non-hydrogen) atoms. The maximum Gasteiger partial charge on any atom is 0.416 e. The Balaban J connectivity index is 1.13. The summed E-state index contributed by atoms with van der Waals surface area (Å²) in [7, 11) is -4.57. The third kappa shape index (κ3) is 5.76. The van der Waals surface area contributed by atoms with Crippen LogP contribution in [0.25, 0.3) is 10.9 Å². The van der Waals surface area contributed by atoms with Crippen molar-refractivity contribution in [1.29, 1.82) is 0 Å². The molecule has 3 aromatic rings. The zero-order chi connectivity index (χ0) is 34.3. The Morgan fingerprint density at radius 2 is 1.81 bits per heavy atom. The zero-order valence-electron chi connectivity index (χ0n) is 25.3. The summed E-state index contributed by atoms with van der Waals surface area (Å²) >= 11 is 7.44. The van der Waals surface area contributed by atoms with Crippen LogP contribution in [0.1, 0.15) is 36.8 Å². The highest BCUT2D eigenvalue weighted by molar-refractivity contribution is 8.00. The molecule has 0 bridgehead atoms. The lowest BCUT2D eigenvalue weighted by atomic mass is 9.71. The van der Waals surface area contributed by atoms with Crippen molar-refractivity contribution in [2.24, 2.45) is 0 Å². The molecule has 4 heterocycles. The molecule has 0 aliphatic carbocycles. The van der Waals surface area contributed by atoms with E-state index < -0.39 is 78.2 Å². The van der Waals surface area contributed by atoms with Crippen molar-refractivity contribution in [2.75, 3.05) is 31.9 Å². The van der Waals surface area contributed by atoms with E-state index in [1.807, 2.05) is 18.6 Å². The Hall–Kier alpha value is -3.34. The average Bonchev–Trinajstić information content (AvgIpc) is 3.40. The summed E-state index contributed by atoms with van der Waals surface area (Å²) in [6.45, 7) is 5.41. The number of carbonyl (C=O) groups excluding carboxylic acids is 3. The van der Waals surface area contributed by atoms with E-state index >= 15 is 0 Å². The van der Waals surface area contributed by atoms with Gasteiger partial charge in [-0.05, 0) is 63.2 Å². The molecule has 252 valence electrons. The summed E-state index contributed by atoms with van der Waals surface area (Å²) in [6, 6.07) is 6.32. The normalized spacial score (nSPS) is 24.0. The fourth-order valence-corrected chi connectivity index (χ4v) is 9.30. The average molecular weight is 716 g/mol. The van der Waals surface area contributed by atoms with Crippen molar-refractivity contribution in [3.05, 3.63) is 64.6 Å². The molecule has 0 radical (unpaired) electrons. The number of benzene rings is 2. The number of aromatic amines is 1. The van der Waals surface area contributed by atoms with Gasteiger partial charge in [0.15, 0.2) is 0 Å². The molecule has 2 aromatic carbocycles. The Bertz CT molecular complexity index is 1920. The highest BCUT2D eigenvalue weighted by atomic mass is 35.5. The van der Waals surface area contributed by atoms with Crippen LogP contribution in [0.3, 0.4) is 0 Å². The number of rotatable bonds is 6. The van der Waals surface area contributed by atoms with Crippen LogP contribution >= 0.6 is 23.4 Å². The first kappa shape index (κ1) is 33.6. The van der Waals surface area contributed by atoms with Crippen molar-refractivity contribution >= 4 is 62.0 Å². The molecule has 6 rings (SSSR count). The molecule has 0 spiro atoms. The first-order valence-corrected chi connectivity index (χ1v) is 17.4. The number of thioether (sulfide) groups is 1. The number of fused-ring (bicyclic) bond motifs is 2. The Morgan fingerprint density at radius 1 is 1.09 bits per heavy atom. The van der Waals surface area contributed by atoms with Gasteiger partial charge in [-0.25, -0.2) is 17.5 Å². The van der Waals surface area contributed by atoms with Crippen LogP contribution in [0.15, 0.2) is 47.4 Å². The molecule has 1 aromatic heterocycles. The van der Waals surface area contributed by atoms with Gasteiger partial charge < -0.3 is 19.7 Å². The fraction of sp³-hybridized carbons (Fsp3) is 0.433. The molecule has 17 heteroatoms. The van der Waals surface area contributed by atoms with Gasteiger partial charge in [0.05, 0.1) is 28.7 Å². The quantitative estimate of drug-likeness (QED) is 0.371. The lowest BCUT2D eigenvalue weighted by molar-refractivity contribution is -0.207. The SMILES string of the molecule is CC1(C)SCCN(C(=O)c2cc3cc(F)ccc3[nH]2)[C@@H]1C(=O)N1C[C@H]2N(C(=O)CNS(=O)(=O)c3cc(C(F)(F)F)ccc3Cl)C[C@]21C. The summed E-state index contributed by atoms with van der Waals surface area (Å²) in [5.41, 5.74) is -1.15. The van der Waals surface area contributed by atoms with Crippen molar-refractivity contribution in [3.63, 3.8) is 0 Å². The van der Waals surface area contributed by atoms with Gasteiger partial charge >= 0.3 is 6.18 Å². The number of hydrogen-bond acceptors (Lipinski definition) is 6. The van der Waals surface area contributed by atoms with Gasteiger partial charge in [-0.1, -0.05) is 11.6 Å². The Labute approximate surface area is 276 Å². The van der Waals surface area contributed by atoms with Gasteiger partial charge in [-0.3, -0.25) is 14.4 Å². The second kappa shape index (κ2) is 11.4. The van der Waals surface area contributed by atoms with Gasteiger partial charge in [0, 0.05) is 41.0 Å². The van der Waals surface area contributed by atoms with Gasteiger partial charge in [-0.15, -0.1) is 0 Å². The minimum atomic E-state index is -4.80. The van der Waals surface area contributed by atoms with E-state index in [2.05, 4.69) is 4.98 Å². The summed E-state index contributed by atoms with van der Waals surface area (Å²) in [6.07, 6.45) is -4.80. The number of amides is 3. The molecule has 3 fully saturated rings. The molecule has 3 amide bonds. The molecule has 10 nitrogen and oxygen atoms in total. The van der Waals surface area contributed by atoms with Crippen LogP contribution in [0, 0.1) is 5.82 Å². The molecule has 3 aliphatic rings. The fourth-order valence-electron chi connectivity index (χ4n) is 6.60. The predicted molar refractivity (Wildman–Crippen MR) is 167 cm³/mol. The van der Waals surface area contributed by atoms with Gasteiger partial charge in [-0.2, -0.15) is 24.9 Å². The van der Waals surface area contributed by atoms with Gasteiger partial charge in [0.1, 0.15) is 22.4 Å². The first-order chi connectivity index (χ1) is 21.8. The first-order valence-electron chi connectivity index (χ1n) is 14.5. The van der Waals surface area contributed by atoms with E-state index in [0.717, 1.165) is 6.07 Å². The number of H-pyrrole nitrogens is 1. The molecule has 0 saturated carbocycles. The van der Waals surface area contributed by atoms with E-state index in [9.17, 15) is 40.4 Å². The van der Waals surface area contributed by atoms with E-state index in [1.165, 1.54) is 28.0 Å². The Morgan fingerprint density at radius 3 is 2.47 bits per heavy atom.